The molecule has 5 nitrogen and oxygen atoms in total. The monoisotopic (exact) mass is 334 g/mol. The molecular weight excluding hydrogens is 312 g/mol. The summed E-state index contributed by atoms with van der Waals surface area (Å²) < 4.78 is 5.18. The van der Waals surface area contributed by atoms with Crippen molar-refractivity contribution in [2.24, 2.45) is 0 Å². The van der Waals surface area contributed by atoms with Crippen molar-refractivity contribution < 1.29 is 4.74 Å². The second-order valence-corrected chi connectivity index (χ2v) is 6.81. The summed E-state index contributed by atoms with van der Waals surface area (Å²) in [7, 11) is 1.60. The number of methoxy groups -OCH3 is 1. The average molecular weight is 334 g/mol. The minimum atomic E-state index is 0.0913. The molecule has 0 aliphatic carbocycles. The van der Waals surface area contributed by atoms with Gasteiger partial charge >= 0.3 is 0 Å². The molecule has 1 N–H and O–H groups in total. The Kier molecular flexibility index (Phi) is 4.65. The number of rotatable bonds is 4. The number of nitrogens with one attached hydrogen (secondary N) is 1. The SMILES string of the molecule is COc1cc(-c2ccnc(Nc3cccc(C(C)(C)C)c3)n2)ccn1. The number of ether oxygens (including phenoxy) is 1. The Labute approximate surface area is 148 Å². The van der Waals surface area contributed by atoms with Gasteiger partial charge in [0.05, 0.1) is 12.8 Å². The molecule has 2 aromatic heterocycles. The Hall–Kier alpha value is -2.95. The van der Waals surface area contributed by atoms with E-state index in [2.05, 4.69) is 53.2 Å². The Balaban J connectivity index is 1.87. The number of anilines is 2. The third-order valence-electron chi connectivity index (χ3n) is 3.88. The zero-order valence-corrected chi connectivity index (χ0v) is 14.9. The summed E-state index contributed by atoms with van der Waals surface area (Å²) in [5.41, 5.74) is 4.06. The Morgan fingerprint density at radius 2 is 1.76 bits per heavy atom. The summed E-state index contributed by atoms with van der Waals surface area (Å²) >= 11 is 0. The second-order valence-electron chi connectivity index (χ2n) is 6.81. The van der Waals surface area contributed by atoms with Crippen LogP contribution in [0.15, 0.2) is 54.9 Å². The fourth-order valence-corrected chi connectivity index (χ4v) is 2.45. The lowest BCUT2D eigenvalue weighted by Crippen LogP contribution is -2.11. The smallest absolute Gasteiger partial charge is 0.227 e. The number of benzene rings is 1. The highest BCUT2D eigenvalue weighted by molar-refractivity contribution is 5.62. The third-order valence-corrected chi connectivity index (χ3v) is 3.88. The van der Waals surface area contributed by atoms with Crippen LogP contribution in [0, 0.1) is 0 Å². The zero-order chi connectivity index (χ0) is 17.9. The van der Waals surface area contributed by atoms with E-state index in [-0.39, 0.29) is 5.41 Å². The topological polar surface area (TPSA) is 59.9 Å². The maximum atomic E-state index is 5.18. The lowest BCUT2D eigenvalue weighted by Gasteiger charge is -2.19. The van der Waals surface area contributed by atoms with Crippen LogP contribution in [0.25, 0.3) is 11.3 Å². The quantitative estimate of drug-likeness (QED) is 0.756. The fraction of sp³-hybridized carbons (Fsp3) is 0.250. The van der Waals surface area contributed by atoms with Crippen LogP contribution in [0.3, 0.4) is 0 Å². The molecule has 0 aliphatic rings. The molecule has 5 heteroatoms. The van der Waals surface area contributed by atoms with Gasteiger partial charge in [-0.25, -0.2) is 15.0 Å². The van der Waals surface area contributed by atoms with E-state index in [1.54, 1.807) is 19.5 Å². The van der Waals surface area contributed by atoms with E-state index in [4.69, 9.17) is 4.74 Å². The molecule has 0 fully saturated rings. The van der Waals surface area contributed by atoms with Gasteiger partial charge in [0.2, 0.25) is 11.8 Å². The Morgan fingerprint density at radius 3 is 2.52 bits per heavy atom. The van der Waals surface area contributed by atoms with Gasteiger partial charge in [0.25, 0.3) is 0 Å². The molecule has 0 saturated heterocycles. The molecule has 0 saturated carbocycles. The van der Waals surface area contributed by atoms with Crippen LogP contribution in [-0.4, -0.2) is 22.1 Å². The summed E-state index contributed by atoms with van der Waals surface area (Å²) in [5.74, 6) is 1.11. The first-order chi connectivity index (χ1) is 12.0. The highest BCUT2D eigenvalue weighted by Crippen LogP contribution is 2.26. The van der Waals surface area contributed by atoms with E-state index in [9.17, 15) is 0 Å². The van der Waals surface area contributed by atoms with Crippen LogP contribution >= 0.6 is 0 Å². The van der Waals surface area contributed by atoms with Crippen molar-refractivity contribution in [2.75, 3.05) is 12.4 Å². The van der Waals surface area contributed by atoms with Gasteiger partial charge in [0, 0.05) is 29.7 Å². The molecule has 3 rings (SSSR count). The predicted molar refractivity (Wildman–Crippen MR) is 100 cm³/mol. The van der Waals surface area contributed by atoms with Crippen molar-refractivity contribution in [3.8, 4) is 17.1 Å². The van der Waals surface area contributed by atoms with Crippen molar-refractivity contribution in [3.63, 3.8) is 0 Å². The first-order valence-electron chi connectivity index (χ1n) is 8.17. The first-order valence-corrected chi connectivity index (χ1v) is 8.17. The maximum Gasteiger partial charge on any atom is 0.227 e. The van der Waals surface area contributed by atoms with Gasteiger partial charge in [-0.1, -0.05) is 32.9 Å². The van der Waals surface area contributed by atoms with E-state index in [1.807, 2.05) is 30.3 Å². The van der Waals surface area contributed by atoms with Crippen molar-refractivity contribution >= 4 is 11.6 Å². The molecule has 0 amide bonds. The lowest BCUT2D eigenvalue weighted by atomic mass is 9.87. The van der Waals surface area contributed by atoms with Crippen LogP contribution in [0.4, 0.5) is 11.6 Å². The average Bonchev–Trinajstić information content (AvgIpc) is 2.61. The molecule has 0 aliphatic heterocycles. The maximum absolute atomic E-state index is 5.18. The molecule has 0 bridgehead atoms. The van der Waals surface area contributed by atoms with Gasteiger partial charge < -0.3 is 10.1 Å². The van der Waals surface area contributed by atoms with Crippen molar-refractivity contribution in [1.29, 1.82) is 0 Å². The van der Waals surface area contributed by atoms with E-state index in [1.165, 1.54) is 5.56 Å². The van der Waals surface area contributed by atoms with E-state index >= 15 is 0 Å². The summed E-state index contributed by atoms with van der Waals surface area (Å²) in [5, 5.41) is 3.29. The van der Waals surface area contributed by atoms with Crippen molar-refractivity contribution in [3.05, 3.63) is 60.4 Å². The molecule has 0 radical (unpaired) electrons. The van der Waals surface area contributed by atoms with Gasteiger partial charge in [-0.2, -0.15) is 0 Å². The van der Waals surface area contributed by atoms with Crippen LogP contribution in [-0.2, 0) is 5.41 Å². The summed E-state index contributed by atoms with van der Waals surface area (Å²) in [6.07, 6.45) is 3.45. The van der Waals surface area contributed by atoms with Gasteiger partial charge in [0.1, 0.15) is 0 Å². The second kappa shape index (κ2) is 6.89. The summed E-state index contributed by atoms with van der Waals surface area (Å²) in [4.78, 5) is 13.1. The Bertz CT molecular complexity index is 871. The highest BCUT2D eigenvalue weighted by Gasteiger charge is 2.14. The summed E-state index contributed by atoms with van der Waals surface area (Å²) in [6.45, 7) is 6.58. The van der Waals surface area contributed by atoms with Crippen LogP contribution < -0.4 is 10.1 Å². The zero-order valence-electron chi connectivity index (χ0n) is 14.9. The van der Waals surface area contributed by atoms with Gasteiger partial charge in [0.15, 0.2) is 0 Å². The fourth-order valence-electron chi connectivity index (χ4n) is 2.45. The van der Waals surface area contributed by atoms with Crippen LogP contribution in [0.5, 0.6) is 5.88 Å². The molecule has 0 unspecified atom stereocenters. The first kappa shape index (κ1) is 16.9. The molecule has 0 atom stereocenters. The normalized spacial score (nSPS) is 11.2. The van der Waals surface area contributed by atoms with E-state index in [0.29, 0.717) is 11.8 Å². The van der Waals surface area contributed by atoms with Gasteiger partial charge in [-0.15, -0.1) is 0 Å². The number of aromatic nitrogens is 3. The van der Waals surface area contributed by atoms with Crippen LogP contribution in [0.1, 0.15) is 26.3 Å². The number of pyridine rings is 1. The number of nitrogens with zero attached hydrogens (tertiary/aromatic N) is 3. The molecule has 25 heavy (non-hydrogen) atoms. The molecular formula is C20H22N4O. The van der Waals surface area contributed by atoms with Crippen molar-refractivity contribution in [2.45, 2.75) is 26.2 Å². The molecule has 128 valence electrons. The molecule has 2 heterocycles. The summed E-state index contributed by atoms with van der Waals surface area (Å²) in [6, 6.07) is 13.9. The third kappa shape index (κ3) is 4.12. The number of hydrogen-bond acceptors (Lipinski definition) is 5. The standard InChI is InChI=1S/C20H22N4O/c1-20(2,3)15-6-5-7-16(13-15)23-19-22-11-9-17(24-19)14-8-10-21-18(12-14)25-4/h5-13H,1-4H3,(H,22,23,24). The Morgan fingerprint density at radius 1 is 0.960 bits per heavy atom. The van der Waals surface area contributed by atoms with Gasteiger partial charge in [-0.3, -0.25) is 0 Å². The largest absolute Gasteiger partial charge is 0.481 e. The molecule has 0 spiro atoms. The van der Waals surface area contributed by atoms with E-state index in [0.717, 1.165) is 16.9 Å². The minimum Gasteiger partial charge on any atom is -0.481 e. The van der Waals surface area contributed by atoms with E-state index < -0.39 is 0 Å². The number of hydrogen-bond donors (Lipinski definition) is 1. The van der Waals surface area contributed by atoms with Gasteiger partial charge in [-0.05, 0) is 35.2 Å². The lowest BCUT2D eigenvalue weighted by molar-refractivity contribution is 0.398. The minimum absolute atomic E-state index is 0.0913. The van der Waals surface area contributed by atoms with Crippen LogP contribution in [0.2, 0.25) is 0 Å². The molecule has 1 aromatic carbocycles. The highest BCUT2D eigenvalue weighted by atomic mass is 16.5. The predicted octanol–water partition coefficient (Wildman–Crippen LogP) is 4.59. The molecule has 3 aromatic rings. The van der Waals surface area contributed by atoms with Crippen molar-refractivity contribution in [1.82, 2.24) is 15.0 Å².